The van der Waals surface area contributed by atoms with E-state index in [2.05, 4.69) is 32.2 Å². The van der Waals surface area contributed by atoms with E-state index in [1.165, 1.54) is 11.1 Å². The van der Waals surface area contributed by atoms with Crippen LogP contribution < -0.4 is 10.1 Å². The SMILES string of the molecule is CCC(C)(C)NC(=O)C(C)N(C)CCOc1cc(C)cc(C)c1. The first-order valence-corrected chi connectivity index (χ1v) is 8.38. The van der Waals surface area contributed by atoms with Crippen LogP contribution in [0.1, 0.15) is 45.2 Å². The molecule has 1 unspecified atom stereocenters. The first kappa shape index (κ1) is 19.5. The lowest BCUT2D eigenvalue weighted by atomic mass is 10.0. The maximum absolute atomic E-state index is 12.3. The van der Waals surface area contributed by atoms with Crippen molar-refractivity contribution in [3.05, 3.63) is 29.3 Å². The summed E-state index contributed by atoms with van der Waals surface area (Å²) in [5.41, 5.74) is 2.23. The van der Waals surface area contributed by atoms with Crippen LogP contribution in [-0.4, -0.2) is 42.6 Å². The molecule has 1 amide bonds. The third-order valence-corrected chi connectivity index (χ3v) is 4.29. The highest BCUT2D eigenvalue weighted by Gasteiger charge is 2.24. The highest BCUT2D eigenvalue weighted by atomic mass is 16.5. The van der Waals surface area contributed by atoms with Gasteiger partial charge in [-0.05, 0) is 71.3 Å². The molecule has 1 atom stereocenters. The van der Waals surface area contributed by atoms with Gasteiger partial charge < -0.3 is 10.1 Å². The van der Waals surface area contributed by atoms with Gasteiger partial charge >= 0.3 is 0 Å². The number of carbonyl (C=O) groups is 1. The second kappa shape index (κ2) is 8.34. The van der Waals surface area contributed by atoms with Crippen LogP contribution in [0.3, 0.4) is 0 Å². The van der Waals surface area contributed by atoms with Gasteiger partial charge in [-0.2, -0.15) is 0 Å². The van der Waals surface area contributed by atoms with Crippen molar-refractivity contribution in [2.45, 2.75) is 59.5 Å². The second-order valence-corrected chi connectivity index (χ2v) is 7.06. The number of nitrogens with zero attached hydrogens (tertiary/aromatic N) is 1. The average Bonchev–Trinajstić information content (AvgIpc) is 2.44. The largest absolute Gasteiger partial charge is 0.492 e. The fourth-order valence-corrected chi connectivity index (χ4v) is 2.24. The first-order valence-electron chi connectivity index (χ1n) is 8.38. The van der Waals surface area contributed by atoms with Gasteiger partial charge in [0.2, 0.25) is 5.91 Å². The minimum atomic E-state index is -0.177. The van der Waals surface area contributed by atoms with Crippen molar-refractivity contribution in [2.24, 2.45) is 0 Å². The van der Waals surface area contributed by atoms with Crippen molar-refractivity contribution in [1.82, 2.24) is 10.2 Å². The Labute approximate surface area is 141 Å². The highest BCUT2D eigenvalue weighted by molar-refractivity contribution is 5.81. The summed E-state index contributed by atoms with van der Waals surface area (Å²) in [7, 11) is 1.95. The Bertz CT molecular complexity index is 506. The summed E-state index contributed by atoms with van der Waals surface area (Å²) in [4.78, 5) is 14.3. The zero-order chi connectivity index (χ0) is 17.6. The molecule has 0 aliphatic heterocycles. The summed E-state index contributed by atoms with van der Waals surface area (Å²) in [5.74, 6) is 0.950. The maximum atomic E-state index is 12.3. The molecule has 0 bridgehead atoms. The molecule has 0 radical (unpaired) electrons. The monoisotopic (exact) mass is 320 g/mol. The molecule has 0 fully saturated rings. The fourth-order valence-electron chi connectivity index (χ4n) is 2.24. The summed E-state index contributed by atoms with van der Waals surface area (Å²) >= 11 is 0. The molecule has 1 aromatic rings. The maximum Gasteiger partial charge on any atom is 0.237 e. The van der Waals surface area contributed by atoms with Crippen LogP contribution >= 0.6 is 0 Å². The molecule has 4 nitrogen and oxygen atoms in total. The molecule has 0 aromatic heterocycles. The zero-order valence-corrected chi connectivity index (χ0v) is 15.7. The molecular weight excluding hydrogens is 288 g/mol. The van der Waals surface area contributed by atoms with Crippen molar-refractivity contribution in [3.8, 4) is 5.75 Å². The number of nitrogens with one attached hydrogen (secondary N) is 1. The molecule has 0 saturated carbocycles. The van der Waals surface area contributed by atoms with Gasteiger partial charge in [-0.15, -0.1) is 0 Å². The molecular formula is C19H32N2O2. The van der Waals surface area contributed by atoms with Crippen LogP contribution in [0.25, 0.3) is 0 Å². The summed E-state index contributed by atoms with van der Waals surface area (Å²) in [6, 6.07) is 6.02. The summed E-state index contributed by atoms with van der Waals surface area (Å²) in [5, 5.41) is 3.09. The molecule has 0 spiro atoms. The van der Waals surface area contributed by atoms with Crippen molar-refractivity contribution >= 4 is 5.91 Å². The Morgan fingerprint density at radius 3 is 2.35 bits per heavy atom. The van der Waals surface area contributed by atoms with Gasteiger partial charge in [0.1, 0.15) is 12.4 Å². The topological polar surface area (TPSA) is 41.6 Å². The van der Waals surface area contributed by atoms with E-state index >= 15 is 0 Å². The normalized spacial score (nSPS) is 13.0. The van der Waals surface area contributed by atoms with Gasteiger partial charge in [-0.3, -0.25) is 9.69 Å². The quantitative estimate of drug-likeness (QED) is 0.799. The first-order chi connectivity index (χ1) is 10.6. The van der Waals surface area contributed by atoms with E-state index < -0.39 is 0 Å². The highest BCUT2D eigenvalue weighted by Crippen LogP contribution is 2.16. The van der Waals surface area contributed by atoms with Gasteiger partial charge in [-0.25, -0.2) is 0 Å². The van der Waals surface area contributed by atoms with Crippen LogP contribution in [-0.2, 0) is 4.79 Å². The Kier molecular flexibility index (Phi) is 7.07. The lowest BCUT2D eigenvalue weighted by molar-refractivity contribution is -0.127. The number of rotatable bonds is 8. The van der Waals surface area contributed by atoms with Crippen molar-refractivity contribution in [1.29, 1.82) is 0 Å². The average molecular weight is 320 g/mol. The van der Waals surface area contributed by atoms with Crippen LogP contribution in [0.4, 0.5) is 0 Å². The number of hydrogen-bond acceptors (Lipinski definition) is 3. The minimum Gasteiger partial charge on any atom is -0.492 e. The van der Waals surface area contributed by atoms with Crippen molar-refractivity contribution in [2.75, 3.05) is 20.2 Å². The molecule has 130 valence electrons. The van der Waals surface area contributed by atoms with E-state index in [0.717, 1.165) is 12.2 Å². The van der Waals surface area contributed by atoms with Crippen molar-refractivity contribution < 1.29 is 9.53 Å². The smallest absolute Gasteiger partial charge is 0.237 e. The molecule has 4 heteroatoms. The van der Waals surface area contributed by atoms with E-state index in [0.29, 0.717) is 13.2 Å². The molecule has 1 N–H and O–H groups in total. The number of aryl methyl sites for hydroxylation is 2. The Balaban J connectivity index is 2.46. The van der Waals surface area contributed by atoms with Gasteiger partial charge in [-0.1, -0.05) is 13.0 Å². The summed E-state index contributed by atoms with van der Waals surface area (Å²) in [6.07, 6.45) is 0.908. The molecule has 0 aliphatic rings. The van der Waals surface area contributed by atoms with Crippen molar-refractivity contribution in [3.63, 3.8) is 0 Å². The summed E-state index contributed by atoms with van der Waals surface area (Å²) < 4.78 is 5.82. The van der Waals surface area contributed by atoms with E-state index in [1.54, 1.807) is 0 Å². The van der Waals surface area contributed by atoms with Gasteiger partial charge in [0.15, 0.2) is 0 Å². The zero-order valence-electron chi connectivity index (χ0n) is 15.7. The third-order valence-electron chi connectivity index (χ3n) is 4.29. The molecule has 23 heavy (non-hydrogen) atoms. The number of ether oxygens (including phenoxy) is 1. The number of benzene rings is 1. The second-order valence-electron chi connectivity index (χ2n) is 7.06. The third kappa shape index (κ3) is 6.61. The van der Waals surface area contributed by atoms with E-state index in [-0.39, 0.29) is 17.5 Å². The van der Waals surface area contributed by atoms with Crippen LogP contribution in [0.15, 0.2) is 18.2 Å². The number of likely N-dealkylation sites (N-methyl/N-ethyl adjacent to an activating group) is 1. The van der Waals surface area contributed by atoms with Crippen LogP contribution in [0, 0.1) is 13.8 Å². The van der Waals surface area contributed by atoms with Gasteiger partial charge in [0, 0.05) is 12.1 Å². The lowest BCUT2D eigenvalue weighted by Crippen LogP contribution is -2.51. The van der Waals surface area contributed by atoms with Crippen LogP contribution in [0.2, 0.25) is 0 Å². The Morgan fingerprint density at radius 2 is 1.83 bits per heavy atom. The standard InChI is InChI=1S/C19H32N2O2/c1-8-19(5,6)20-18(22)16(4)21(7)9-10-23-17-12-14(2)11-15(3)13-17/h11-13,16H,8-10H2,1-7H3,(H,20,22). The molecule has 1 rings (SSSR count). The molecule has 0 heterocycles. The van der Waals surface area contributed by atoms with E-state index in [1.807, 2.05) is 44.9 Å². The predicted octanol–water partition coefficient (Wildman–Crippen LogP) is 3.31. The van der Waals surface area contributed by atoms with Gasteiger partial charge in [0.25, 0.3) is 0 Å². The Hall–Kier alpha value is -1.55. The molecule has 1 aromatic carbocycles. The predicted molar refractivity (Wildman–Crippen MR) is 96.0 cm³/mol. The molecule has 0 aliphatic carbocycles. The minimum absolute atomic E-state index is 0.0609. The number of carbonyl (C=O) groups excluding carboxylic acids is 1. The Morgan fingerprint density at radius 1 is 1.26 bits per heavy atom. The fraction of sp³-hybridized carbons (Fsp3) is 0.632. The number of hydrogen-bond donors (Lipinski definition) is 1. The van der Waals surface area contributed by atoms with E-state index in [4.69, 9.17) is 4.74 Å². The van der Waals surface area contributed by atoms with Crippen LogP contribution in [0.5, 0.6) is 5.75 Å². The molecule has 0 saturated heterocycles. The van der Waals surface area contributed by atoms with E-state index in [9.17, 15) is 4.79 Å². The summed E-state index contributed by atoms with van der Waals surface area (Å²) in [6.45, 7) is 13.5. The lowest BCUT2D eigenvalue weighted by Gasteiger charge is -2.30. The number of amides is 1. The van der Waals surface area contributed by atoms with Gasteiger partial charge in [0.05, 0.1) is 6.04 Å².